The van der Waals surface area contributed by atoms with Crippen LogP contribution in [0.1, 0.15) is 24.8 Å². The predicted octanol–water partition coefficient (Wildman–Crippen LogP) is 2.01. The summed E-state index contributed by atoms with van der Waals surface area (Å²) in [6.07, 6.45) is 4.10. The van der Waals surface area contributed by atoms with Gasteiger partial charge in [0.15, 0.2) is 0 Å². The van der Waals surface area contributed by atoms with E-state index in [2.05, 4.69) is 35.2 Å². The second-order valence-corrected chi connectivity index (χ2v) is 5.91. The van der Waals surface area contributed by atoms with Gasteiger partial charge in [-0.1, -0.05) is 30.3 Å². The number of likely N-dealkylation sites (tertiary alicyclic amines) is 1. The van der Waals surface area contributed by atoms with Crippen molar-refractivity contribution >= 4 is 0 Å². The average molecular weight is 260 g/mol. The molecule has 3 atom stereocenters. The first-order chi connectivity index (χ1) is 9.33. The second kappa shape index (κ2) is 6.04. The molecular weight excluding hydrogens is 236 g/mol. The van der Waals surface area contributed by atoms with Crippen LogP contribution in [0.15, 0.2) is 30.3 Å². The lowest BCUT2D eigenvalue weighted by atomic mass is 9.92. The average Bonchev–Trinajstić information content (AvgIpc) is 2.82. The van der Waals surface area contributed by atoms with Gasteiger partial charge in [-0.2, -0.15) is 0 Å². The summed E-state index contributed by atoms with van der Waals surface area (Å²) in [5, 5.41) is 0. The zero-order valence-corrected chi connectivity index (χ0v) is 11.5. The Balaban J connectivity index is 1.58. The van der Waals surface area contributed by atoms with Crippen LogP contribution in [0, 0.1) is 5.92 Å². The zero-order valence-electron chi connectivity index (χ0n) is 11.5. The lowest BCUT2D eigenvalue weighted by Crippen LogP contribution is -2.39. The minimum absolute atomic E-state index is 0.270. The third kappa shape index (κ3) is 3.16. The third-order valence-electron chi connectivity index (χ3n) is 4.43. The molecule has 0 radical (unpaired) electrons. The molecule has 2 aliphatic heterocycles. The van der Waals surface area contributed by atoms with E-state index in [0.717, 1.165) is 26.2 Å². The maximum Gasteiger partial charge on any atom is 0.0630 e. The van der Waals surface area contributed by atoms with Crippen molar-refractivity contribution in [2.24, 2.45) is 11.7 Å². The van der Waals surface area contributed by atoms with E-state index in [0.29, 0.717) is 12.0 Å². The van der Waals surface area contributed by atoms with Crippen molar-refractivity contribution in [3.05, 3.63) is 35.9 Å². The normalized spacial score (nSPS) is 32.6. The van der Waals surface area contributed by atoms with Gasteiger partial charge in [-0.25, -0.2) is 0 Å². The van der Waals surface area contributed by atoms with Gasteiger partial charge in [0.05, 0.1) is 6.10 Å². The summed E-state index contributed by atoms with van der Waals surface area (Å²) in [6, 6.07) is 10.9. The van der Waals surface area contributed by atoms with Gasteiger partial charge in [-0.3, -0.25) is 4.90 Å². The van der Waals surface area contributed by atoms with Crippen molar-refractivity contribution < 1.29 is 4.74 Å². The number of nitrogens with two attached hydrogens (primary N) is 1. The van der Waals surface area contributed by atoms with Crippen LogP contribution in [-0.4, -0.2) is 36.7 Å². The Hall–Kier alpha value is -0.900. The van der Waals surface area contributed by atoms with Gasteiger partial charge in [0.2, 0.25) is 0 Å². The molecule has 1 aromatic rings. The number of hydrogen-bond donors (Lipinski definition) is 1. The van der Waals surface area contributed by atoms with Crippen LogP contribution in [0.5, 0.6) is 0 Å². The van der Waals surface area contributed by atoms with Crippen molar-refractivity contribution in [1.29, 1.82) is 0 Å². The molecule has 0 bridgehead atoms. The summed E-state index contributed by atoms with van der Waals surface area (Å²) in [4.78, 5) is 2.47. The van der Waals surface area contributed by atoms with Crippen LogP contribution in [0.4, 0.5) is 0 Å². The molecule has 3 nitrogen and oxygen atoms in total. The summed E-state index contributed by atoms with van der Waals surface area (Å²) >= 11 is 0. The maximum absolute atomic E-state index is 6.33. The number of ether oxygens (including phenoxy) is 1. The highest BCUT2D eigenvalue weighted by atomic mass is 16.5. The van der Waals surface area contributed by atoms with Crippen molar-refractivity contribution in [2.45, 2.75) is 38.0 Å². The maximum atomic E-state index is 6.33. The number of benzene rings is 1. The van der Waals surface area contributed by atoms with E-state index in [4.69, 9.17) is 10.5 Å². The van der Waals surface area contributed by atoms with E-state index in [-0.39, 0.29) is 6.04 Å². The molecule has 104 valence electrons. The number of hydrogen-bond acceptors (Lipinski definition) is 3. The summed E-state index contributed by atoms with van der Waals surface area (Å²) in [5.41, 5.74) is 7.71. The molecule has 19 heavy (non-hydrogen) atoms. The quantitative estimate of drug-likeness (QED) is 0.903. The third-order valence-corrected chi connectivity index (χ3v) is 4.43. The Bertz CT molecular complexity index is 389. The topological polar surface area (TPSA) is 38.5 Å². The minimum atomic E-state index is 0.270. The minimum Gasteiger partial charge on any atom is -0.378 e. The van der Waals surface area contributed by atoms with Crippen LogP contribution in [0.3, 0.4) is 0 Å². The van der Waals surface area contributed by atoms with Gasteiger partial charge < -0.3 is 10.5 Å². The lowest BCUT2D eigenvalue weighted by molar-refractivity contribution is -0.0214. The molecule has 0 saturated carbocycles. The van der Waals surface area contributed by atoms with E-state index in [9.17, 15) is 0 Å². The SMILES string of the molecule is N[C@H]1CN(Cc2ccccc2)C[C@@H]1[C@@H]1CCCCO1. The lowest BCUT2D eigenvalue weighted by Gasteiger charge is -2.29. The molecule has 2 aliphatic rings. The predicted molar refractivity (Wildman–Crippen MR) is 76.8 cm³/mol. The molecule has 0 amide bonds. The monoisotopic (exact) mass is 260 g/mol. The van der Waals surface area contributed by atoms with E-state index in [1.165, 1.54) is 24.8 Å². The van der Waals surface area contributed by atoms with Crippen LogP contribution >= 0.6 is 0 Å². The Labute approximate surface area is 115 Å². The molecule has 2 fully saturated rings. The first-order valence-corrected chi connectivity index (χ1v) is 7.46. The number of rotatable bonds is 3. The Morgan fingerprint density at radius 2 is 2.00 bits per heavy atom. The first kappa shape index (κ1) is 13.1. The summed E-state index contributed by atoms with van der Waals surface area (Å²) in [7, 11) is 0. The molecule has 0 spiro atoms. The second-order valence-electron chi connectivity index (χ2n) is 5.91. The highest BCUT2D eigenvalue weighted by Crippen LogP contribution is 2.28. The molecule has 3 heteroatoms. The summed E-state index contributed by atoms with van der Waals surface area (Å²) in [5.74, 6) is 0.518. The van der Waals surface area contributed by atoms with E-state index in [1.54, 1.807) is 0 Å². The summed E-state index contributed by atoms with van der Waals surface area (Å²) < 4.78 is 5.92. The van der Waals surface area contributed by atoms with Gasteiger partial charge in [0, 0.05) is 38.2 Å². The van der Waals surface area contributed by atoms with Crippen molar-refractivity contribution in [3.8, 4) is 0 Å². The van der Waals surface area contributed by atoms with E-state index >= 15 is 0 Å². The molecule has 1 aromatic carbocycles. The molecule has 0 unspecified atom stereocenters. The van der Waals surface area contributed by atoms with Gasteiger partial charge in [0.25, 0.3) is 0 Å². The van der Waals surface area contributed by atoms with Crippen LogP contribution in [-0.2, 0) is 11.3 Å². The molecule has 0 aromatic heterocycles. The fourth-order valence-corrected chi connectivity index (χ4v) is 3.41. The molecule has 3 rings (SSSR count). The molecular formula is C16H24N2O. The smallest absolute Gasteiger partial charge is 0.0630 e. The van der Waals surface area contributed by atoms with Crippen LogP contribution in [0.25, 0.3) is 0 Å². The van der Waals surface area contributed by atoms with Crippen molar-refractivity contribution in [1.82, 2.24) is 4.90 Å². The van der Waals surface area contributed by atoms with E-state index < -0.39 is 0 Å². The highest BCUT2D eigenvalue weighted by Gasteiger charge is 2.36. The Morgan fingerprint density at radius 3 is 2.74 bits per heavy atom. The van der Waals surface area contributed by atoms with Gasteiger partial charge >= 0.3 is 0 Å². The Kier molecular flexibility index (Phi) is 4.16. The zero-order chi connectivity index (χ0) is 13.1. The molecule has 2 saturated heterocycles. The largest absolute Gasteiger partial charge is 0.378 e. The standard InChI is InChI=1S/C16H24N2O/c17-15-12-18(10-13-6-2-1-3-7-13)11-14(15)16-8-4-5-9-19-16/h1-3,6-7,14-16H,4-5,8-12,17H2/t14-,15-,16-/m0/s1. The first-order valence-electron chi connectivity index (χ1n) is 7.46. The fraction of sp³-hybridized carbons (Fsp3) is 0.625. The van der Waals surface area contributed by atoms with Gasteiger partial charge in [-0.15, -0.1) is 0 Å². The van der Waals surface area contributed by atoms with E-state index in [1.807, 2.05) is 0 Å². The molecule has 2 N–H and O–H groups in total. The van der Waals surface area contributed by atoms with Gasteiger partial charge in [-0.05, 0) is 24.8 Å². The molecule has 2 heterocycles. The highest BCUT2D eigenvalue weighted by molar-refractivity contribution is 5.15. The summed E-state index contributed by atoms with van der Waals surface area (Å²) in [6.45, 7) is 4.02. The van der Waals surface area contributed by atoms with Crippen molar-refractivity contribution in [3.63, 3.8) is 0 Å². The van der Waals surface area contributed by atoms with Gasteiger partial charge in [0.1, 0.15) is 0 Å². The number of nitrogens with zero attached hydrogens (tertiary/aromatic N) is 1. The fourth-order valence-electron chi connectivity index (χ4n) is 3.41. The Morgan fingerprint density at radius 1 is 1.16 bits per heavy atom. The van der Waals surface area contributed by atoms with Crippen molar-refractivity contribution in [2.75, 3.05) is 19.7 Å². The van der Waals surface area contributed by atoms with Crippen LogP contribution in [0.2, 0.25) is 0 Å². The molecule has 0 aliphatic carbocycles. The van der Waals surface area contributed by atoms with Crippen LogP contribution < -0.4 is 5.73 Å².